The molecule has 1 rings (SSSR count). The molecule has 0 radical (unpaired) electrons. The van der Waals surface area contributed by atoms with E-state index < -0.39 is 0 Å². The molecular formula is C12H17BrFN. The second-order valence-electron chi connectivity index (χ2n) is 3.83. The zero-order valence-corrected chi connectivity index (χ0v) is 10.8. The predicted molar refractivity (Wildman–Crippen MR) is 65.3 cm³/mol. The summed E-state index contributed by atoms with van der Waals surface area (Å²) in [6.07, 6.45) is 2.41. The Bertz CT molecular complexity index is 314. The van der Waals surface area contributed by atoms with Gasteiger partial charge in [-0.05, 0) is 37.7 Å². The molecule has 0 saturated heterocycles. The second kappa shape index (κ2) is 6.23. The lowest BCUT2D eigenvalue weighted by molar-refractivity contribution is 0.320. The number of hydrogen-bond donors (Lipinski definition) is 0. The maximum absolute atomic E-state index is 12.8. The zero-order valence-electron chi connectivity index (χ0n) is 9.26. The quantitative estimate of drug-likeness (QED) is 0.789. The van der Waals surface area contributed by atoms with Crippen LogP contribution in [0.5, 0.6) is 0 Å². The van der Waals surface area contributed by atoms with Crippen LogP contribution < -0.4 is 0 Å². The van der Waals surface area contributed by atoms with Crippen LogP contribution in [0.15, 0.2) is 22.7 Å². The van der Waals surface area contributed by atoms with Gasteiger partial charge >= 0.3 is 0 Å². The molecule has 3 heteroatoms. The molecule has 0 heterocycles. The van der Waals surface area contributed by atoms with Crippen LogP contribution in [0.4, 0.5) is 4.39 Å². The lowest BCUT2D eigenvalue weighted by Crippen LogP contribution is -2.19. The first-order chi connectivity index (χ1) is 7.13. The van der Waals surface area contributed by atoms with Gasteiger partial charge in [-0.1, -0.05) is 35.3 Å². The normalized spacial score (nSPS) is 11.0. The smallest absolute Gasteiger partial charge is 0.124 e. The van der Waals surface area contributed by atoms with Crippen LogP contribution in [-0.2, 0) is 6.54 Å². The first-order valence-electron chi connectivity index (χ1n) is 5.26. The average Bonchev–Trinajstić information content (AvgIpc) is 2.19. The van der Waals surface area contributed by atoms with E-state index in [0.717, 1.165) is 23.1 Å². The van der Waals surface area contributed by atoms with Crippen molar-refractivity contribution in [3.05, 3.63) is 34.1 Å². The SMILES string of the molecule is CCCCN(C)Cc1ccc(F)cc1Br. The van der Waals surface area contributed by atoms with E-state index in [1.165, 1.54) is 25.0 Å². The molecule has 0 saturated carbocycles. The Morgan fingerprint density at radius 2 is 2.13 bits per heavy atom. The molecule has 0 amide bonds. The Morgan fingerprint density at radius 3 is 2.73 bits per heavy atom. The zero-order chi connectivity index (χ0) is 11.3. The Balaban J connectivity index is 2.56. The minimum atomic E-state index is -0.193. The van der Waals surface area contributed by atoms with Gasteiger partial charge in [0, 0.05) is 11.0 Å². The molecule has 1 nitrogen and oxygen atoms in total. The molecule has 15 heavy (non-hydrogen) atoms. The van der Waals surface area contributed by atoms with Crippen molar-refractivity contribution in [1.82, 2.24) is 4.90 Å². The minimum Gasteiger partial charge on any atom is -0.302 e. The van der Waals surface area contributed by atoms with Crippen molar-refractivity contribution in [1.29, 1.82) is 0 Å². The molecule has 1 aromatic carbocycles. The summed E-state index contributed by atoms with van der Waals surface area (Å²) < 4.78 is 13.7. The topological polar surface area (TPSA) is 3.24 Å². The molecule has 0 fully saturated rings. The number of nitrogens with zero attached hydrogens (tertiary/aromatic N) is 1. The molecule has 0 aromatic heterocycles. The van der Waals surface area contributed by atoms with E-state index >= 15 is 0 Å². The van der Waals surface area contributed by atoms with Crippen molar-refractivity contribution >= 4 is 15.9 Å². The van der Waals surface area contributed by atoms with Crippen LogP contribution >= 0.6 is 15.9 Å². The van der Waals surface area contributed by atoms with E-state index in [4.69, 9.17) is 0 Å². The molecule has 0 aliphatic carbocycles. The molecular weight excluding hydrogens is 257 g/mol. The van der Waals surface area contributed by atoms with Gasteiger partial charge in [-0.25, -0.2) is 4.39 Å². The minimum absolute atomic E-state index is 0.193. The maximum atomic E-state index is 12.8. The van der Waals surface area contributed by atoms with E-state index in [1.807, 2.05) is 6.07 Å². The van der Waals surface area contributed by atoms with E-state index in [-0.39, 0.29) is 5.82 Å². The first-order valence-corrected chi connectivity index (χ1v) is 6.05. The summed E-state index contributed by atoms with van der Waals surface area (Å²) in [5, 5.41) is 0. The molecule has 84 valence electrons. The monoisotopic (exact) mass is 273 g/mol. The molecule has 0 spiro atoms. The van der Waals surface area contributed by atoms with Crippen LogP contribution in [0.25, 0.3) is 0 Å². The van der Waals surface area contributed by atoms with Gasteiger partial charge in [0.2, 0.25) is 0 Å². The summed E-state index contributed by atoms with van der Waals surface area (Å²) in [5.41, 5.74) is 1.13. The second-order valence-corrected chi connectivity index (χ2v) is 4.68. The third-order valence-electron chi connectivity index (χ3n) is 2.35. The Hall–Kier alpha value is -0.410. The van der Waals surface area contributed by atoms with Gasteiger partial charge in [0.15, 0.2) is 0 Å². The van der Waals surface area contributed by atoms with E-state index in [1.54, 1.807) is 0 Å². The van der Waals surface area contributed by atoms with Gasteiger partial charge in [0.25, 0.3) is 0 Å². The third kappa shape index (κ3) is 4.31. The van der Waals surface area contributed by atoms with Gasteiger partial charge in [-0.3, -0.25) is 0 Å². The van der Waals surface area contributed by atoms with Crippen molar-refractivity contribution in [3.8, 4) is 0 Å². The highest BCUT2D eigenvalue weighted by molar-refractivity contribution is 9.10. The van der Waals surface area contributed by atoms with Crippen molar-refractivity contribution in [2.24, 2.45) is 0 Å². The highest BCUT2D eigenvalue weighted by Gasteiger charge is 2.04. The largest absolute Gasteiger partial charge is 0.302 e. The number of hydrogen-bond acceptors (Lipinski definition) is 1. The molecule has 0 bridgehead atoms. The molecule has 0 unspecified atom stereocenters. The van der Waals surface area contributed by atoms with Crippen LogP contribution in [0.2, 0.25) is 0 Å². The number of rotatable bonds is 5. The average molecular weight is 274 g/mol. The lowest BCUT2D eigenvalue weighted by atomic mass is 10.2. The maximum Gasteiger partial charge on any atom is 0.124 e. The summed E-state index contributed by atoms with van der Waals surface area (Å²) in [6.45, 7) is 4.13. The highest BCUT2D eigenvalue weighted by Crippen LogP contribution is 2.19. The molecule has 0 aliphatic heterocycles. The van der Waals surface area contributed by atoms with Crippen LogP contribution in [0.1, 0.15) is 25.3 Å². The van der Waals surface area contributed by atoms with E-state index in [9.17, 15) is 4.39 Å². The molecule has 1 aromatic rings. The van der Waals surface area contributed by atoms with Gasteiger partial charge in [-0.2, -0.15) is 0 Å². The predicted octanol–water partition coefficient (Wildman–Crippen LogP) is 3.82. The van der Waals surface area contributed by atoms with Crippen molar-refractivity contribution in [2.75, 3.05) is 13.6 Å². The standard InChI is InChI=1S/C12H17BrFN/c1-3-4-7-15(2)9-10-5-6-11(14)8-12(10)13/h5-6,8H,3-4,7,9H2,1-2H3. The van der Waals surface area contributed by atoms with Crippen molar-refractivity contribution < 1.29 is 4.39 Å². The highest BCUT2D eigenvalue weighted by atomic mass is 79.9. The van der Waals surface area contributed by atoms with Crippen molar-refractivity contribution in [2.45, 2.75) is 26.3 Å². The first kappa shape index (κ1) is 12.7. The fourth-order valence-corrected chi connectivity index (χ4v) is 1.92. The summed E-state index contributed by atoms with van der Waals surface area (Å²) in [6, 6.07) is 4.86. The molecule has 0 N–H and O–H groups in total. The van der Waals surface area contributed by atoms with Crippen LogP contribution in [0, 0.1) is 5.82 Å². The Morgan fingerprint density at radius 1 is 1.40 bits per heavy atom. The summed E-state index contributed by atoms with van der Waals surface area (Å²) >= 11 is 3.38. The Kier molecular flexibility index (Phi) is 5.26. The van der Waals surface area contributed by atoms with Gasteiger partial charge in [0.05, 0.1) is 0 Å². The number of benzene rings is 1. The van der Waals surface area contributed by atoms with Gasteiger partial charge in [0.1, 0.15) is 5.82 Å². The summed E-state index contributed by atoms with van der Waals surface area (Å²) in [4.78, 5) is 2.25. The van der Waals surface area contributed by atoms with Crippen LogP contribution in [0.3, 0.4) is 0 Å². The van der Waals surface area contributed by atoms with Crippen molar-refractivity contribution in [3.63, 3.8) is 0 Å². The van der Waals surface area contributed by atoms with Gasteiger partial charge < -0.3 is 4.90 Å². The lowest BCUT2D eigenvalue weighted by Gasteiger charge is -2.17. The Labute approximate surface area is 99.4 Å². The number of halogens is 2. The fraction of sp³-hybridized carbons (Fsp3) is 0.500. The van der Waals surface area contributed by atoms with Gasteiger partial charge in [-0.15, -0.1) is 0 Å². The summed E-state index contributed by atoms with van der Waals surface area (Å²) in [7, 11) is 2.09. The van der Waals surface area contributed by atoms with E-state index in [0.29, 0.717) is 0 Å². The van der Waals surface area contributed by atoms with Crippen LogP contribution in [-0.4, -0.2) is 18.5 Å². The third-order valence-corrected chi connectivity index (χ3v) is 3.09. The summed E-state index contributed by atoms with van der Waals surface area (Å²) in [5.74, 6) is -0.193. The fourth-order valence-electron chi connectivity index (χ4n) is 1.45. The molecule has 0 atom stereocenters. The van der Waals surface area contributed by atoms with E-state index in [2.05, 4.69) is 34.8 Å². The number of unbranched alkanes of at least 4 members (excludes halogenated alkanes) is 1. The molecule has 0 aliphatic rings.